The molecule has 0 aliphatic carbocycles. The van der Waals surface area contributed by atoms with Crippen molar-refractivity contribution >= 4 is 17.5 Å². The van der Waals surface area contributed by atoms with Crippen LogP contribution in [-0.2, 0) is 9.53 Å². The topological polar surface area (TPSA) is 29.5 Å². The van der Waals surface area contributed by atoms with Gasteiger partial charge in [-0.25, -0.2) is 0 Å². The summed E-state index contributed by atoms with van der Waals surface area (Å²) < 4.78 is 5.40. The highest BCUT2D eigenvalue weighted by atomic mass is 35.5. The molecule has 0 aromatic heterocycles. The molecule has 3 rings (SSSR count). The highest BCUT2D eigenvalue weighted by Gasteiger charge is 2.26. The van der Waals surface area contributed by atoms with E-state index in [-0.39, 0.29) is 17.9 Å². The van der Waals surface area contributed by atoms with Gasteiger partial charge in [-0.2, -0.15) is 0 Å². The summed E-state index contributed by atoms with van der Waals surface area (Å²) in [5, 5.41) is 0.710. The lowest BCUT2D eigenvalue weighted by Gasteiger charge is -2.32. The largest absolute Gasteiger partial charge is 0.381 e. The molecule has 25 heavy (non-hydrogen) atoms. The van der Waals surface area contributed by atoms with E-state index in [1.807, 2.05) is 47.4 Å². The number of piperidine rings is 1. The third-order valence-electron chi connectivity index (χ3n) is 4.99. The number of carbonyl (C=O) groups excluding carboxylic acids is 1. The zero-order valence-electron chi connectivity index (χ0n) is 14.5. The smallest absolute Gasteiger partial charge is 0.223 e. The van der Waals surface area contributed by atoms with Crippen LogP contribution in [0.2, 0.25) is 5.02 Å². The number of hydrogen-bond acceptors (Lipinski definition) is 2. The van der Waals surface area contributed by atoms with Crippen LogP contribution < -0.4 is 0 Å². The Morgan fingerprint density at radius 3 is 2.40 bits per heavy atom. The van der Waals surface area contributed by atoms with Crippen LogP contribution in [0.4, 0.5) is 0 Å². The van der Waals surface area contributed by atoms with Gasteiger partial charge < -0.3 is 9.64 Å². The highest BCUT2D eigenvalue weighted by molar-refractivity contribution is 6.31. The first-order valence-electron chi connectivity index (χ1n) is 8.79. The van der Waals surface area contributed by atoms with E-state index in [2.05, 4.69) is 12.1 Å². The van der Waals surface area contributed by atoms with Crippen LogP contribution in [-0.4, -0.2) is 37.1 Å². The molecule has 132 valence electrons. The number of nitrogens with zero attached hydrogens (tertiary/aromatic N) is 1. The van der Waals surface area contributed by atoms with Crippen LogP contribution in [0.25, 0.3) is 0 Å². The first kappa shape index (κ1) is 18.0. The predicted molar refractivity (Wildman–Crippen MR) is 101 cm³/mol. The minimum Gasteiger partial charge on any atom is -0.381 e. The quantitative estimate of drug-likeness (QED) is 0.788. The molecule has 1 atom stereocenters. The van der Waals surface area contributed by atoms with Crippen molar-refractivity contribution < 1.29 is 9.53 Å². The van der Waals surface area contributed by atoms with Crippen LogP contribution in [0.3, 0.4) is 0 Å². The fraction of sp³-hybridized carbons (Fsp3) is 0.381. The van der Waals surface area contributed by atoms with Crippen molar-refractivity contribution in [2.24, 2.45) is 0 Å². The molecule has 1 unspecified atom stereocenters. The monoisotopic (exact) mass is 357 g/mol. The Morgan fingerprint density at radius 1 is 1.12 bits per heavy atom. The summed E-state index contributed by atoms with van der Waals surface area (Å²) in [4.78, 5) is 14.9. The van der Waals surface area contributed by atoms with Gasteiger partial charge in [-0.3, -0.25) is 4.79 Å². The number of ether oxygens (including phenoxy) is 1. The van der Waals surface area contributed by atoms with Gasteiger partial charge in [-0.05, 0) is 30.0 Å². The highest BCUT2D eigenvalue weighted by Crippen LogP contribution is 2.33. The summed E-state index contributed by atoms with van der Waals surface area (Å²) in [5.74, 6) is 0.158. The van der Waals surface area contributed by atoms with E-state index in [1.54, 1.807) is 7.11 Å². The minimum atomic E-state index is -0.0254. The second-order valence-corrected chi connectivity index (χ2v) is 6.91. The molecule has 4 heteroatoms. The molecule has 1 aliphatic rings. The van der Waals surface area contributed by atoms with Crippen LogP contribution in [0.1, 0.15) is 36.3 Å². The first-order chi connectivity index (χ1) is 12.2. The summed E-state index contributed by atoms with van der Waals surface area (Å²) in [6.07, 6.45) is 2.53. The maximum Gasteiger partial charge on any atom is 0.223 e. The van der Waals surface area contributed by atoms with Crippen molar-refractivity contribution in [1.29, 1.82) is 0 Å². The van der Waals surface area contributed by atoms with Crippen molar-refractivity contribution in [1.82, 2.24) is 4.90 Å². The molecule has 2 aromatic carbocycles. The van der Waals surface area contributed by atoms with Crippen molar-refractivity contribution in [2.75, 3.05) is 20.2 Å². The SMILES string of the molecule is COC1CCN(C(=O)CC(c2ccccc2)c2ccccc2Cl)CC1. The molecule has 1 amide bonds. The lowest BCUT2D eigenvalue weighted by molar-refractivity contribution is -0.133. The second-order valence-electron chi connectivity index (χ2n) is 6.50. The molecule has 1 saturated heterocycles. The molecule has 0 bridgehead atoms. The van der Waals surface area contributed by atoms with Gasteiger partial charge in [-0.15, -0.1) is 0 Å². The number of methoxy groups -OCH3 is 1. The van der Waals surface area contributed by atoms with Crippen molar-refractivity contribution in [2.45, 2.75) is 31.3 Å². The summed E-state index contributed by atoms with van der Waals surface area (Å²) in [6.45, 7) is 1.53. The van der Waals surface area contributed by atoms with Gasteiger partial charge in [0.1, 0.15) is 0 Å². The Morgan fingerprint density at radius 2 is 1.76 bits per heavy atom. The Kier molecular flexibility index (Phi) is 6.11. The number of rotatable bonds is 5. The van der Waals surface area contributed by atoms with E-state index in [0.717, 1.165) is 37.1 Å². The maximum atomic E-state index is 12.9. The average molecular weight is 358 g/mol. The number of amides is 1. The van der Waals surface area contributed by atoms with Crippen molar-refractivity contribution in [3.63, 3.8) is 0 Å². The predicted octanol–water partition coefficient (Wildman–Crippen LogP) is 4.50. The van der Waals surface area contributed by atoms with Gasteiger partial charge in [-0.1, -0.05) is 60.1 Å². The second kappa shape index (κ2) is 8.50. The van der Waals surface area contributed by atoms with E-state index >= 15 is 0 Å². The van der Waals surface area contributed by atoms with Crippen molar-refractivity contribution in [3.05, 3.63) is 70.7 Å². The summed E-state index contributed by atoms with van der Waals surface area (Å²) in [7, 11) is 1.74. The molecule has 0 spiro atoms. The maximum absolute atomic E-state index is 12.9. The average Bonchev–Trinajstić information content (AvgIpc) is 2.67. The van der Waals surface area contributed by atoms with Gasteiger partial charge in [0.05, 0.1) is 6.10 Å². The van der Waals surface area contributed by atoms with Gasteiger partial charge in [0.25, 0.3) is 0 Å². The molecule has 1 heterocycles. The first-order valence-corrected chi connectivity index (χ1v) is 9.16. The Balaban J connectivity index is 1.79. The van der Waals surface area contributed by atoms with Gasteiger partial charge >= 0.3 is 0 Å². The number of halogens is 1. The molecule has 0 N–H and O–H groups in total. The van der Waals surface area contributed by atoms with E-state index in [0.29, 0.717) is 11.4 Å². The minimum absolute atomic E-state index is 0.0254. The van der Waals surface area contributed by atoms with Gasteiger partial charge in [0.2, 0.25) is 5.91 Å². The number of benzene rings is 2. The van der Waals surface area contributed by atoms with E-state index < -0.39 is 0 Å². The molecule has 3 nitrogen and oxygen atoms in total. The molecule has 1 aliphatic heterocycles. The molecular formula is C21H24ClNO2. The molecular weight excluding hydrogens is 334 g/mol. The third-order valence-corrected chi connectivity index (χ3v) is 5.33. The summed E-state index contributed by atoms with van der Waals surface area (Å²) >= 11 is 6.43. The van der Waals surface area contributed by atoms with Crippen LogP contribution in [0.15, 0.2) is 54.6 Å². The summed E-state index contributed by atoms with van der Waals surface area (Å²) in [5.41, 5.74) is 2.13. The molecule has 0 radical (unpaired) electrons. The molecule has 0 saturated carbocycles. The van der Waals surface area contributed by atoms with E-state index in [1.165, 1.54) is 0 Å². The standard InChI is InChI=1S/C21H24ClNO2/c1-25-17-11-13-23(14-12-17)21(24)15-19(16-7-3-2-4-8-16)18-9-5-6-10-20(18)22/h2-10,17,19H,11-15H2,1H3. The number of carbonyl (C=O) groups is 1. The zero-order valence-corrected chi connectivity index (χ0v) is 15.3. The lowest BCUT2D eigenvalue weighted by atomic mass is 9.88. The Hall–Kier alpha value is -1.84. The van der Waals surface area contributed by atoms with Crippen molar-refractivity contribution in [3.8, 4) is 0 Å². The lowest BCUT2D eigenvalue weighted by Crippen LogP contribution is -2.41. The van der Waals surface area contributed by atoms with E-state index in [4.69, 9.17) is 16.3 Å². The zero-order chi connectivity index (χ0) is 17.6. The van der Waals surface area contributed by atoms with Crippen LogP contribution in [0, 0.1) is 0 Å². The molecule has 2 aromatic rings. The fourth-order valence-electron chi connectivity index (χ4n) is 3.50. The Bertz CT molecular complexity index is 696. The van der Waals surface area contributed by atoms with Crippen LogP contribution >= 0.6 is 11.6 Å². The van der Waals surface area contributed by atoms with Gasteiger partial charge in [0.15, 0.2) is 0 Å². The normalized spacial score (nSPS) is 16.6. The number of hydrogen-bond donors (Lipinski definition) is 0. The van der Waals surface area contributed by atoms with Crippen LogP contribution in [0.5, 0.6) is 0 Å². The molecule has 1 fully saturated rings. The van der Waals surface area contributed by atoms with E-state index in [9.17, 15) is 4.79 Å². The third kappa shape index (κ3) is 4.42. The van der Waals surface area contributed by atoms with Gasteiger partial charge in [0, 0.05) is 37.6 Å². The number of likely N-dealkylation sites (tertiary alicyclic amines) is 1. The Labute approximate surface area is 154 Å². The fourth-order valence-corrected chi connectivity index (χ4v) is 3.76. The summed E-state index contributed by atoms with van der Waals surface area (Å²) in [6, 6.07) is 17.9.